The molecule has 0 radical (unpaired) electrons. The molecule has 0 saturated carbocycles. The number of anilines is 1. The van der Waals surface area contributed by atoms with Gasteiger partial charge in [0.2, 0.25) is 0 Å². The van der Waals surface area contributed by atoms with Crippen molar-refractivity contribution in [3.05, 3.63) is 36.0 Å². The van der Waals surface area contributed by atoms with Crippen LogP contribution in [0.2, 0.25) is 0 Å². The first-order valence-corrected chi connectivity index (χ1v) is 6.81. The van der Waals surface area contributed by atoms with Crippen LogP contribution in [0.1, 0.15) is 23.8 Å². The normalized spacial score (nSPS) is 10.9. The van der Waals surface area contributed by atoms with Gasteiger partial charge in [-0.05, 0) is 18.6 Å². The predicted octanol–water partition coefficient (Wildman–Crippen LogP) is 3.05. The van der Waals surface area contributed by atoms with Gasteiger partial charge in [0, 0.05) is 17.6 Å². The van der Waals surface area contributed by atoms with E-state index in [-0.39, 0.29) is 5.69 Å². The molecule has 0 fully saturated rings. The number of hydrogen-bond acceptors (Lipinski definition) is 3. The molecule has 0 aliphatic heterocycles. The summed E-state index contributed by atoms with van der Waals surface area (Å²) in [5, 5.41) is 6.30. The van der Waals surface area contributed by atoms with Crippen LogP contribution in [0.5, 0.6) is 0 Å². The SMILES string of the molecule is CCCNc1cc(C(=O)NCC(F)F)nc2ccccc12. The van der Waals surface area contributed by atoms with Gasteiger partial charge in [-0.2, -0.15) is 0 Å². The first-order valence-electron chi connectivity index (χ1n) is 6.81. The van der Waals surface area contributed by atoms with E-state index in [1.54, 1.807) is 12.1 Å². The quantitative estimate of drug-likeness (QED) is 0.860. The highest BCUT2D eigenvalue weighted by Gasteiger charge is 2.13. The van der Waals surface area contributed by atoms with Crippen molar-refractivity contribution < 1.29 is 13.6 Å². The van der Waals surface area contributed by atoms with Gasteiger partial charge in [-0.1, -0.05) is 25.1 Å². The molecule has 0 aliphatic rings. The summed E-state index contributed by atoms with van der Waals surface area (Å²) < 4.78 is 24.3. The monoisotopic (exact) mass is 293 g/mol. The average molecular weight is 293 g/mol. The number of aromatic nitrogens is 1. The van der Waals surface area contributed by atoms with E-state index in [0.29, 0.717) is 5.52 Å². The molecule has 2 aromatic rings. The third-order valence-corrected chi connectivity index (χ3v) is 2.93. The van der Waals surface area contributed by atoms with Crippen molar-refractivity contribution in [3.8, 4) is 0 Å². The number of alkyl halides is 2. The second kappa shape index (κ2) is 6.97. The van der Waals surface area contributed by atoms with Crippen LogP contribution < -0.4 is 10.6 Å². The molecule has 2 rings (SSSR count). The first-order chi connectivity index (χ1) is 10.1. The van der Waals surface area contributed by atoms with E-state index in [1.165, 1.54) is 0 Å². The fourth-order valence-corrected chi connectivity index (χ4v) is 1.96. The summed E-state index contributed by atoms with van der Waals surface area (Å²) >= 11 is 0. The summed E-state index contributed by atoms with van der Waals surface area (Å²) in [5.74, 6) is -0.597. The lowest BCUT2D eigenvalue weighted by Gasteiger charge is -2.11. The zero-order valence-electron chi connectivity index (χ0n) is 11.7. The maximum absolute atomic E-state index is 12.2. The van der Waals surface area contributed by atoms with Crippen LogP contribution in [-0.4, -0.2) is 30.4 Å². The molecule has 4 nitrogen and oxygen atoms in total. The van der Waals surface area contributed by atoms with Gasteiger partial charge in [-0.3, -0.25) is 4.79 Å². The highest BCUT2D eigenvalue weighted by molar-refractivity contribution is 5.99. The van der Waals surface area contributed by atoms with Crippen LogP contribution in [0.3, 0.4) is 0 Å². The number of para-hydroxylation sites is 1. The number of carbonyl (C=O) groups is 1. The summed E-state index contributed by atoms with van der Waals surface area (Å²) in [6.07, 6.45) is -1.64. The van der Waals surface area contributed by atoms with Gasteiger partial charge in [-0.25, -0.2) is 13.8 Å². The number of nitrogens with zero attached hydrogens (tertiary/aromatic N) is 1. The maximum atomic E-state index is 12.2. The third-order valence-electron chi connectivity index (χ3n) is 2.93. The van der Waals surface area contributed by atoms with Gasteiger partial charge in [0.15, 0.2) is 0 Å². The predicted molar refractivity (Wildman–Crippen MR) is 78.9 cm³/mol. The molecule has 2 N–H and O–H groups in total. The Labute approximate surface area is 121 Å². The van der Waals surface area contributed by atoms with Gasteiger partial charge < -0.3 is 10.6 Å². The number of amides is 1. The van der Waals surface area contributed by atoms with Crippen LogP contribution in [-0.2, 0) is 0 Å². The van der Waals surface area contributed by atoms with Crippen LogP contribution >= 0.6 is 0 Å². The Bertz CT molecular complexity index is 631. The highest BCUT2D eigenvalue weighted by atomic mass is 19.3. The van der Waals surface area contributed by atoms with E-state index >= 15 is 0 Å². The van der Waals surface area contributed by atoms with Crippen LogP contribution in [0, 0.1) is 0 Å². The van der Waals surface area contributed by atoms with Crippen molar-refractivity contribution in [2.24, 2.45) is 0 Å². The molecule has 0 aliphatic carbocycles. The van der Waals surface area contributed by atoms with Crippen molar-refractivity contribution in [1.82, 2.24) is 10.3 Å². The van der Waals surface area contributed by atoms with E-state index in [0.717, 1.165) is 24.0 Å². The summed E-state index contributed by atoms with van der Waals surface area (Å²) in [5.41, 5.74) is 1.57. The van der Waals surface area contributed by atoms with Crippen molar-refractivity contribution >= 4 is 22.5 Å². The minimum Gasteiger partial charge on any atom is -0.384 e. The number of benzene rings is 1. The van der Waals surface area contributed by atoms with Gasteiger partial charge in [0.25, 0.3) is 12.3 Å². The summed E-state index contributed by atoms with van der Waals surface area (Å²) in [4.78, 5) is 16.1. The van der Waals surface area contributed by atoms with Crippen LogP contribution in [0.4, 0.5) is 14.5 Å². The molecular weight excluding hydrogens is 276 g/mol. The molecule has 1 heterocycles. The van der Waals surface area contributed by atoms with Crippen molar-refractivity contribution in [2.75, 3.05) is 18.4 Å². The molecule has 1 amide bonds. The average Bonchev–Trinajstić information content (AvgIpc) is 2.49. The van der Waals surface area contributed by atoms with Crippen LogP contribution in [0.15, 0.2) is 30.3 Å². The Morgan fingerprint density at radius 1 is 1.33 bits per heavy atom. The molecule has 112 valence electrons. The molecule has 0 bridgehead atoms. The third kappa shape index (κ3) is 3.87. The molecule has 0 unspecified atom stereocenters. The second-order valence-electron chi connectivity index (χ2n) is 4.60. The number of pyridine rings is 1. The summed E-state index contributed by atoms with van der Waals surface area (Å²) in [7, 11) is 0. The number of fused-ring (bicyclic) bond motifs is 1. The Balaban J connectivity index is 2.33. The Hall–Kier alpha value is -2.24. The van der Waals surface area contributed by atoms with Crippen LogP contribution in [0.25, 0.3) is 10.9 Å². The van der Waals surface area contributed by atoms with Gasteiger partial charge in [0.05, 0.1) is 12.1 Å². The Morgan fingerprint density at radius 2 is 2.10 bits per heavy atom. The van der Waals surface area contributed by atoms with E-state index in [2.05, 4.69) is 15.6 Å². The zero-order valence-corrected chi connectivity index (χ0v) is 11.7. The second-order valence-corrected chi connectivity index (χ2v) is 4.60. The van der Waals surface area contributed by atoms with Gasteiger partial charge in [0.1, 0.15) is 5.69 Å². The van der Waals surface area contributed by atoms with Crippen molar-refractivity contribution in [1.29, 1.82) is 0 Å². The lowest BCUT2D eigenvalue weighted by Crippen LogP contribution is -2.29. The smallest absolute Gasteiger partial charge is 0.270 e. The van der Waals surface area contributed by atoms with Crippen molar-refractivity contribution in [2.45, 2.75) is 19.8 Å². The van der Waals surface area contributed by atoms with Gasteiger partial charge >= 0.3 is 0 Å². The minimum atomic E-state index is -2.58. The molecule has 1 aromatic carbocycles. The topological polar surface area (TPSA) is 54.0 Å². The number of hydrogen-bond donors (Lipinski definition) is 2. The molecule has 6 heteroatoms. The lowest BCUT2D eigenvalue weighted by molar-refractivity contribution is 0.0887. The van der Waals surface area contributed by atoms with Gasteiger partial charge in [-0.15, -0.1) is 0 Å². The summed E-state index contributed by atoms with van der Waals surface area (Å²) in [6.45, 7) is 2.11. The zero-order chi connectivity index (χ0) is 15.2. The van der Waals surface area contributed by atoms with E-state index in [1.807, 2.05) is 25.1 Å². The highest BCUT2D eigenvalue weighted by Crippen LogP contribution is 2.23. The molecular formula is C15H17F2N3O. The maximum Gasteiger partial charge on any atom is 0.270 e. The van der Waals surface area contributed by atoms with E-state index in [4.69, 9.17) is 0 Å². The Morgan fingerprint density at radius 3 is 2.81 bits per heavy atom. The number of rotatable bonds is 6. The molecule has 21 heavy (non-hydrogen) atoms. The molecule has 0 atom stereocenters. The van der Waals surface area contributed by atoms with E-state index < -0.39 is 18.9 Å². The molecule has 1 aromatic heterocycles. The largest absolute Gasteiger partial charge is 0.384 e. The van der Waals surface area contributed by atoms with E-state index in [9.17, 15) is 13.6 Å². The fourth-order valence-electron chi connectivity index (χ4n) is 1.96. The van der Waals surface area contributed by atoms with Crippen molar-refractivity contribution in [3.63, 3.8) is 0 Å². The minimum absolute atomic E-state index is 0.132. The number of halogens is 2. The number of carbonyl (C=O) groups excluding carboxylic acids is 1. The lowest BCUT2D eigenvalue weighted by atomic mass is 10.1. The Kier molecular flexibility index (Phi) is 5.03. The molecule has 0 saturated heterocycles. The standard InChI is InChI=1S/C15H17F2N3O/c1-2-7-18-12-8-13(15(21)19-9-14(16)17)20-11-6-4-3-5-10(11)12/h3-6,8,14H,2,7,9H2,1H3,(H,18,20)(H,19,21). The number of nitrogens with one attached hydrogen (secondary N) is 2. The molecule has 0 spiro atoms. The first kappa shape index (κ1) is 15.2. The fraction of sp³-hybridized carbons (Fsp3) is 0.333. The summed E-state index contributed by atoms with van der Waals surface area (Å²) in [6, 6.07) is 8.99.